The summed E-state index contributed by atoms with van der Waals surface area (Å²) >= 11 is 0. The zero-order valence-corrected chi connectivity index (χ0v) is 14.6. The minimum atomic E-state index is -0.248. The van der Waals surface area contributed by atoms with Gasteiger partial charge in [0.1, 0.15) is 0 Å². The van der Waals surface area contributed by atoms with Crippen molar-refractivity contribution in [2.45, 2.75) is 19.9 Å². The number of benzene rings is 1. The summed E-state index contributed by atoms with van der Waals surface area (Å²) in [7, 11) is 0. The van der Waals surface area contributed by atoms with Crippen LogP contribution in [0.1, 0.15) is 23.0 Å². The Hall–Kier alpha value is -2.60. The Balaban J connectivity index is 1.52. The first-order chi connectivity index (χ1) is 12.0. The van der Waals surface area contributed by atoms with Crippen LogP contribution in [0.2, 0.25) is 0 Å². The maximum absolute atomic E-state index is 12.5. The molecule has 2 aromatic rings. The maximum atomic E-state index is 12.5. The maximum Gasteiger partial charge on any atom is 0.289 e. The van der Waals surface area contributed by atoms with Crippen molar-refractivity contribution in [2.75, 3.05) is 31.5 Å². The van der Waals surface area contributed by atoms with Crippen molar-refractivity contribution in [1.82, 2.24) is 9.80 Å². The summed E-state index contributed by atoms with van der Waals surface area (Å²) in [5.74, 6) is 0.231. The largest absolute Gasteiger partial charge is 0.459 e. The Bertz CT molecular complexity index is 717. The van der Waals surface area contributed by atoms with Crippen LogP contribution in [-0.2, 0) is 4.79 Å². The molecule has 1 N–H and O–H groups in total. The van der Waals surface area contributed by atoms with E-state index in [0.717, 1.165) is 11.3 Å². The number of hydrogen-bond acceptors (Lipinski definition) is 4. The Labute approximate surface area is 147 Å². The fourth-order valence-corrected chi connectivity index (χ4v) is 2.92. The minimum absolute atomic E-state index is 0.0327. The van der Waals surface area contributed by atoms with Gasteiger partial charge >= 0.3 is 0 Å². The van der Waals surface area contributed by atoms with Gasteiger partial charge in [0.15, 0.2) is 5.76 Å². The summed E-state index contributed by atoms with van der Waals surface area (Å²) in [6.45, 7) is 6.40. The van der Waals surface area contributed by atoms with Gasteiger partial charge in [0, 0.05) is 31.9 Å². The first-order valence-corrected chi connectivity index (χ1v) is 8.49. The lowest BCUT2D eigenvalue weighted by atomic mass is 10.2. The number of carbonyl (C=O) groups is 2. The van der Waals surface area contributed by atoms with Crippen LogP contribution in [0.4, 0.5) is 5.69 Å². The molecule has 2 heterocycles. The lowest BCUT2D eigenvalue weighted by Crippen LogP contribution is -2.54. The summed E-state index contributed by atoms with van der Waals surface area (Å²) < 4.78 is 5.17. The Kier molecular flexibility index (Phi) is 5.19. The van der Waals surface area contributed by atoms with Crippen LogP contribution in [0, 0.1) is 6.92 Å². The zero-order chi connectivity index (χ0) is 17.8. The third kappa shape index (κ3) is 4.09. The third-order valence-electron chi connectivity index (χ3n) is 4.58. The highest BCUT2D eigenvalue weighted by atomic mass is 16.3. The number of nitrogens with zero attached hydrogens (tertiary/aromatic N) is 2. The summed E-state index contributed by atoms with van der Waals surface area (Å²) in [6.07, 6.45) is 1.50. The molecule has 0 saturated carbocycles. The molecule has 0 aliphatic carbocycles. The SMILES string of the molecule is Cc1ccc(NC(=O)[C@H](C)N2CCN(C(=O)c3ccco3)CC2)cc1. The van der Waals surface area contributed by atoms with Gasteiger partial charge in [-0.1, -0.05) is 17.7 Å². The fourth-order valence-electron chi connectivity index (χ4n) is 2.92. The molecule has 1 aliphatic heterocycles. The second kappa shape index (κ2) is 7.53. The molecule has 0 bridgehead atoms. The second-order valence-corrected chi connectivity index (χ2v) is 6.34. The van der Waals surface area contributed by atoms with Crippen LogP contribution < -0.4 is 5.32 Å². The van der Waals surface area contributed by atoms with Crippen LogP contribution in [0.3, 0.4) is 0 Å². The predicted molar refractivity (Wildman–Crippen MR) is 95.5 cm³/mol. The monoisotopic (exact) mass is 341 g/mol. The van der Waals surface area contributed by atoms with Crippen LogP contribution in [0.25, 0.3) is 0 Å². The van der Waals surface area contributed by atoms with E-state index in [1.807, 2.05) is 38.1 Å². The molecule has 0 radical (unpaired) electrons. The number of aryl methyl sites for hydroxylation is 1. The summed E-state index contributed by atoms with van der Waals surface area (Å²) in [6, 6.07) is 10.9. The molecule has 6 heteroatoms. The molecule has 0 unspecified atom stereocenters. The van der Waals surface area contributed by atoms with E-state index in [1.165, 1.54) is 6.26 Å². The molecule has 1 saturated heterocycles. The number of amides is 2. The molecule has 1 aliphatic rings. The molecule has 3 rings (SSSR count). The standard InChI is InChI=1S/C19H23N3O3/c1-14-5-7-16(8-6-14)20-18(23)15(2)21-9-11-22(12-10-21)19(24)17-4-3-13-25-17/h3-8,13,15H,9-12H2,1-2H3,(H,20,23)/t15-/m0/s1. The van der Waals surface area contributed by atoms with Gasteiger partial charge < -0.3 is 14.6 Å². The Morgan fingerprint density at radius 3 is 2.36 bits per heavy atom. The number of carbonyl (C=O) groups excluding carboxylic acids is 2. The molecular weight excluding hydrogens is 318 g/mol. The van der Waals surface area contributed by atoms with Crippen LogP contribution in [-0.4, -0.2) is 53.8 Å². The van der Waals surface area contributed by atoms with Crippen molar-refractivity contribution in [2.24, 2.45) is 0 Å². The molecule has 0 spiro atoms. The molecule has 1 aromatic heterocycles. The van der Waals surface area contributed by atoms with Gasteiger partial charge in [0.25, 0.3) is 5.91 Å². The van der Waals surface area contributed by atoms with Crippen LogP contribution in [0.5, 0.6) is 0 Å². The van der Waals surface area contributed by atoms with Crippen molar-refractivity contribution in [3.63, 3.8) is 0 Å². The third-order valence-corrected chi connectivity index (χ3v) is 4.58. The predicted octanol–water partition coefficient (Wildman–Crippen LogP) is 2.37. The van der Waals surface area contributed by atoms with E-state index < -0.39 is 0 Å². The highest BCUT2D eigenvalue weighted by Crippen LogP contribution is 2.14. The van der Waals surface area contributed by atoms with Gasteiger partial charge in [-0.3, -0.25) is 14.5 Å². The number of piperazine rings is 1. The van der Waals surface area contributed by atoms with E-state index in [-0.39, 0.29) is 17.9 Å². The van der Waals surface area contributed by atoms with Gasteiger partial charge in [0.2, 0.25) is 5.91 Å². The average Bonchev–Trinajstić information content (AvgIpc) is 3.17. The average molecular weight is 341 g/mol. The van der Waals surface area contributed by atoms with E-state index in [9.17, 15) is 9.59 Å². The molecule has 132 valence electrons. The summed E-state index contributed by atoms with van der Waals surface area (Å²) in [5.41, 5.74) is 1.96. The van der Waals surface area contributed by atoms with Gasteiger partial charge in [0.05, 0.1) is 12.3 Å². The number of anilines is 1. The first kappa shape index (κ1) is 17.2. The number of furan rings is 1. The van der Waals surface area contributed by atoms with Crippen molar-refractivity contribution in [3.8, 4) is 0 Å². The van der Waals surface area contributed by atoms with Crippen LogP contribution >= 0.6 is 0 Å². The smallest absolute Gasteiger partial charge is 0.289 e. The Morgan fingerprint density at radius 1 is 1.08 bits per heavy atom. The Morgan fingerprint density at radius 2 is 1.76 bits per heavy atom. The van der Waals surface area contributed by atoms with Crippen molar-refractivity contribution in [1.29, 1.82) is 0 Å². The van der Waals surface area contributed by atoms with Gasteiger partial charge in [-0.25, -0.2) is 0 Å². The van der Waals surface area contributed by atoms with Gasteiger partial charge in [-0.2, -0.15) is 0 Å². The van der Waals surface area contributed by atoms with E-state index in [0.29, 0.717) is 31.9 Å². The van der Waals surface area contributed by atoms with Crippen molar-refractivity contribution in [3.05, 3.63) is 54.0 Å². The fraction of sp³-hybridized carbons (Fsp3) is 0.368. The second-order valence-electron chi connectivity index (χ2n) is 6.34. The lowest BCUT2D eigenvalue weighted by Gasteiger charge is -2.37. The number of nitrogens with one attached hydrogen (secondary N) is 1. The summed E-state index contributed by atoms with van der Waals surface area (Å²) in [4.78, 5) is 28.6. The molecular formula is C19H23N3O3. The van der Waals surface area contributed by atoms with Gasteiger partial charge in [-0.15, -0.1) is 0 Å². The molecule has 1 fully saturated rings. The van der Waals surface area contributed by atoms with Crippen molar-refractivity contribution < 1.29 is 14.0 Å². The van der Waals surface area contributed by atoms with Gasteiger partial charge in [-0.05, 0) is 38.1 Å². The summed E-state index contributed by atoms with van der Waals surface area (Å²) in [5, 5.41) is 2.95. The molecule has 6 nitrogen and oxygen atoms in total. The molecule has 1 atom stereocenters. The van der Waals surface area contributed by atoms with E-state index in [2.05, 4.69) is 10.2 Å². The van der Waals surface area contributed by atoms with Crippen molar-refractivity contribution >= 4 is 17.5 Å². The minimum Gasteiger partial charge on any atom is -0.459 e. The van der Waals surface area contributed by atoms with Crippen LogP contribution in [0.15, 0.2) is 47.1 Å². The highest BCUT2D eigenvalue weighted by molar-refractivity contribution is 5.94. The quantitative estimate of drug-likeness (QED) is 0.927. The zero-order valence-electron chi connectivity index (χ0n) is 14.6. The molecule has 2 amide bonds. The number of hydrogen-bond donors (Lipinski definition) is 1. The topological polar surface area (TPSA) is 65.8 Å². The van der Waals surface area contributed by atoms with E-state index in [4.69, 9.17) is 4.42 Å². The first-order valence-electron chi connectivity index (χ1n) is 8.49. The molecule has 25 heavy (non-hydrogen) atoms. The molecule has 1 aromatic carbocycles. The van der Waals surface area contributed by atoms with E-state index >= 15 is 0 Å². The number of rotatable bonds is 4. The van der Waals surface area contributed by atoms with E-state index in [1.54, 1.807) is 17.0 Å². The normalized spacial score (nSPS) is 16.5. The highest BCUT2D eigenvalue weighted by Gasteiger charge is 2.28. The lowest BCUT2D eigenvalue weighted by molar-refractivity contribution is -0.121.